The van der Waals surface area contributed by atoms with Crippen molar-refractivity contribution in [2.75, 3.05) is 26.4 Å². The normalized spacial score (nSPS) is 13.2. The molecule has 0 fully saturated rings. The number of unbranched alkanes of at least 4 members (excludes halogenated alkanes) is 34. The molecule has 2 unspecified atom stereocenters. The summed E-state index contributed by atoms with van der Waals surface area (Å²) < 4.78 is 32.8. The molecule has 356 valence electrons. The molecule has 3 N–H and O–H groups in total. The van der Waals surface area contributed by atoms with Crippen LogP contribution in [0.25, 0.3) is 0 Å². The van der Waals surface area contributed by atoms with Gasteiger partial charge in [0.1, 0.15) is 6.61 Å². The molecule has 9 nitrogen and oxygen atoms in total. The molecule has 0 aliphatic heterocycles. The van der Waals surface area contributed by atoms with Gasteiger partial charge in [0.25, 0.3) is 0 Å². The fourth-order valence-corrected chi connectivity index (χ4v) is 8.35. The van der Waals surface area contributed by atoms with E-state index in [2.05, 4.69) is 26.0 Å². The minimum Gasteiger partial charge on any atom is -0.462 e. The molecule has 0 heterocycles. The van der Waals surface area contributed by atoms with Crippen LogP contribution in [0.4, 0.5) is 0 Å². The van der Waals surface area contributed by atoms with Crippen molar-refractivity contribution in [1.82, 2.24) is 0 Å². The first-order valence-corrected chi connectivity index (χ1v) is 27.2. The predicted molar refractivity (Wildman–Crippen MR) is 252 cm³/mol. The minimum absolute atomic E-state index is 0.0548. The van der Waals surface area contributed by atoms with Gasteiger partial charge >= 0.3 is 19.8 Å². The van der Waals surface area contributed by atoms with E-state index in [-0.39, 0.29) is 38.6 Å². The number of allylic oxidation sites excluding steroid dienone is 2. The molecule has 0 saturated heterocycles. The SMILES string of the molecule is CCC/C=C\CCCCCCCC(=O)OC(COC(=O)CCCCCCCCCCCCCCCCCCCCCCCCCCCCCCC)COP(=O)(O)OCCN. The van der Waals surface area contributed by atoms with E-state index >= 15 is 0 Å². The van der Waals surface area contributed by atoms with Crippen molar-refractivity contribution in [2.45, 2.75) is 270 Å². The molecule has 10 heteroatoms. The van der Waals surface area contributed by atoms with Crippen molar-refractivity contribution in [3.63, 3.8) is 0 Å². The third kappa shape index (κ3) is 46.3. The average molecular weight is 872 g/mol. The van der Waals surface area contributed by atoms with E-state index in [9.17, 15) is 19.0 Å². The Morgan fingerprint density at radius 2 is 0.850 bits per heavy atom. The number of rotatable bonds is 49. The van der Waals surface area contributed by atoms with Crippen LogP contribution in [0.15, 0.2) is 12.2 Å². The lowest BCUT2D eigenvalue weighted by atomic mass is 10.0. The van der Waals surface area contributed by atoms with Gasteiger partial charge in [-0.15, -0.1) is 0 Å². The number of phosphoric acid groups is 1. The van der Waals surface area contributed by atoms with Crippen molar-refractivity contribution in [1.29, 1.82) is 0 Å². The molecule has 0 aliphatic rings. The summed E-state index contributed by atoms with van der Waals surface area (Å²) in [5.74, 6) is -0.828. The summed E-state index contributed by atoms with van der Waals surface area (Å²) in [5.41, 5.74) is 5.35. The summed E-state index contributed by atoms with van der Waals surface area (Å²) in [5, 5.41) is 0. The van der Waals surface area contributed by atoms with Crippen LogP contribution in [0.3, 0.4) is 0 Å². The quantitative estimate of drug-likeness (QED) is 0.0265. The van der Waals surface area contributed by atoms with Crippen LogP contribution in [0.2, 0.25) is 0 Å². The zero-order valence-electron chi connectivity index (χ0n) is 39.5. The van der Waals surface area contributed by atoms with Crippen LogP contribution in [-0.2, 0) is 32.7 Å². The van der Waals surface area contributed by atoms with Crippen LogP contribution < -0.4 is 5.73 Å². The molecule has 0 saturated carbocycles. The summed E-state index contributed by atoms with van der Waals surface area (Å²) in [7, 11) is -4.37. The highest BCUT2D eigenvalue weighted by Gasteiger charge is 2.26. The number of carbonyl (C=O) groups excluding carboxylic acids is 2. The number of hydrogen-bond donors (Lipinski definition) is 2. The highest BCUT2D eigenvalue weighted by atomic mass is 31.2. The molecular formula is C50H98NO8P. The predicted octanol–water partition coefficient (Wildman–Crippen LogP) is 15.3. The summed E-state index contributed by atoms with van der Waals surface area (Å²) in [6, 6.07) is 0. The van der Waals surface area contributed by atoms with Gasteiger partial charge < -0.3 is 20.1 Å². The molecule has 0 spiro atoms. The molecule has 0 aromatic carbocycles. The van der Waals surface area contributed by atoms with Gasteiger partial charge in [-0.05, 0) is 32.1 Å². The second kappa shape index (κ2) is 47.2. The lowest BCUT2D eigenvalue weighted by molar-refractivity contribution is -0.161. The Morgan fingerprint density at radius 3 is 1.25 bits per heavy atom. The van der Waals surface area contributed by atoms with Gasteiger partial charge in [-0.25, -0.2) is 4.57 Å². The Kier molecular flexibility index (Phi) is 46.3. The average Bonchev–Trinajstić information content (AvgIpc) is 3.24. The van der Waals surface area contributed by atoms with Crippen LogP contribution in [0.1, 0.15) is 264 Å². The van der Waals surface area contributed by atoms with Crippen molar-refractivity contribution in [3.05, 3.63) is 12.2 Å². The van der Waals surface area contributed by atoms with Crippen molar-refractivity contribution in [3.8, 4) is 0 Å². The van der Waals surface area contributed by atoms with E-state index in [1.54, 1.807) is 0 Å². The maximum absolute atomic E-state index is 12.5. The maximum atomic E-state index is 12.5. The number of nitrogens with two attached hydrogens (primary N) is 1. The molecule has 0 rings (SSSR count). The monoisotopic (exact) mass is 872 g/mol. The van der Waals surface area contributed by atoms with Crippen LogP contribution in [0, 0.1) is 0 Å². The Bertz CT molecular complexity index is 995. The highest BCUT2D eigenvalue weighted by molar-refractivity contribution is 7.47. The Balaban J connectivity index is 3.80. The topological polar surface area (TPSA) is 134 Å². The summed E-state index contributed by atoms with van der Waals surface area (Å²) in [6.07, 6.45) is 51.5. The molecule has 2 atom stereocenters. The molecule has 0 aromatic heterocycles. The lowest BCUT2D eigenvalue weighted by Crippen LogP contribution is -2.29. The first-order chi connectivity index (χ1) is 29.3. The van der Waals surface area contributed by atoms with Crippen molar-refractivity contribution < 1.29 is 37.6 Å². The van der Waals surface area contributed by atoms with Crippen molar-refractivity contribution >= 4 is 19.8 Å². The van der Waals surface area contributed by atoms with E-state index in [1.165, 1.54) is 173 Å². The fraction of sp³-hybridized carbons (Fsp3) is 0.920. The zero-order valence-corrected chi connectivity index (χ0v) is 40.4. The molecule has 0 aromatic rings. The number of carbonyl (C=O) groups is 2. The second-order valence-electron chi connectivity index (χ2n) is 17.4. The van der Waals surface area contributed by atoms with Gasteiger partial charge in [0.15, 0.2) is 6.10 Å². The molecule has 60 heavy (non-hydrogen) atoms. The smallest absolute Gasteiger partial charge is 0.462 e. The summed E-state index contributed by atoms with van der Waals surface area (Å²) in [6.45, 7) is 3.70. The Morgan fingerprint density at radius 1 is 0.483 bits per heavy atom. The second-order valence-corrected chi connectivity index (χ2v) is 18.9. The van der Waals surface area contributed by atoms with Crippen molar-refractivity contribution in [2.24, 2.45) is 5.73 Å². The van der Waals surface area contributed by atoms with E-state index in [0.717, 1.165) is 57.8 Å². The van der Waals surface area contributed by atoms with Crippen LogP contribution in [0.5, 0.6) is 0 Å². The third-order valence-corrected chi connectivity index (χ3v) is 12.4. The first-order valence-electron chi connectivity index (χ1n) is 25.7. The van der Waals surface area contributed by atoms with Crippen LogP contribution in [-0.4, -0.2) is 49.3 Å². The minimum atomic E-state index is -4.37. The van der Waals surface area contributed by atoms with Gasteiger partial charge in [-0.2, -0.15) is 0 Å². The molecular weight excluding hydrogens is 774 g/mol. The van der Waals surface area contributed by atoms with Gasteiger partial charge in [-0.3, -0.25) is 18.6 Å². The van der Waals surface area contributed by atoms with E-state index in [0.29, 0.717) is 6.42 Å². The lowest BCUT2D eigenvalue weighted by Gasteiger charge is -2.19. The van der Waals surface area contributed by atoms with E-state index in [4.69, 9.17) is 24.3 Å². The Hall–Kier alpha value is -1.25. The maximum Gasteiger partial charge on any atom is 0.472 e. The largest absolute Gasteiger partial charge is 0.472 e. The highest BCUT2D eigenvalue weighted by Crippen LogP contribution is 2.43. The molecule has 0 aliphatic carbocycles. The van der Waals surface area contributed by atoms with E-state index in [1.807, 2.05) is 0 Å². The Labute approximate surface area is 370 Å². The fourth-order valence-electron chi connectivity index (χ4n) is 7.58. The number of phosphoric ester groups is 1. The third-order valence-electron chi connectivity index (χ3n) is 11.4. The zero-order chi connectivity index (χ0) is 43.9. The van der Waals surface area contributed by atoms with E-state index < -0.39 is 26.5 Å². The molecule has 0 bridgehead atoms. The summed E-state index contributed by atoms with van der Waals surface area (Å²) >= 11 is 0. The standard InChI is InChI=1S/C50H98NO8P/c1-3-5-7-9-11-13-15-16-17-18-19-20-21-22-23-24-25-26-27-28-29-30-31-32-33-35-36-38-40-42-49(52)56-46-48(47-58-60(54,55)57-45-44-51)59-50(53)43-41-39-37-34-14-12-10-8-6-4-2/h8,10,48H,3-7,9,11-47,51H2,1-2H3,(H,54,55)/b10-8-. The molecule has 0 radical (unpaired) electrons. The number of esters is 2. The summed E-state index contributed by atoms with van der Waals surface area (Å²) in [4.78, 5) is 34.9. The van der Waals surface area contributed by atoms with Crippen LogP contribution >= 0.6 is 7.82 Å². The van der Waals surface area contributed by atoms with Gasteiger partial charge in [0.05, 0.1) is 13.2 Å². The number of hydrogen-bond acceptors (Lipinski definition) is 8. The molecule has 0 amide bonds. The number of ether oxygens (including phenoxy) is 2. The van der Waals surface area contributed by atoms with Gasteiger partial charge in [0, 0.05) is 19.4 Å². The van der Waals surface area contributed by atoms with Gasteiger partial charge in [-0.1, -0.05) is 231 Å². The first kappa shape index (κ1) is 58.8. The van der Waals surface area contributed by atoms with Gasteiger partial charge in [0.2, 0.25) is 0 Å².